The van der Waals surface area contributed by atoms with E-state index >= 15 is 0 Å². The summed E-state index contributed by atoms with van der Waals surface area (Å²) in [6.45, 7) is 1.25. The van der Waals surface area contributed by atoms with Crippen LogP contribution in [0.2, 0.25) is 0 Å². The highest BCUT2D eigenvalue weighted by molar-refractivity contribution is 5.95. The molecule has 0 spiro atoms. The standard InChI is InChI=1S/C11H14N2O3/c1-8(14)13(16)10-6-4-9(5-7-10)11(15)12(2)3/h4-7,16H,1-3H3. The van der Waals surface area contributed by atoms with Gasteiger partial charge in [0.25, 0.3) is 5.91 Å². The zero-order chi connectivity index (χ0) is 12.3. The normalized spacial score (nSPS) is 9.75. The summed E-state index contributed by atoms with van der Waals surface area (Å²) in [5, 5.41) is 9.86. The Balaban J connectivity index is 2.91. The van der Waals surface area contributed by atoms with Gasteiger partial charge < -0.3 is 4.90 Å². The summed E-state index contributed by atoms with van der Waals surface area (Å²) >= 11 is 0. The maximum absolute atomic E-state index is 11.5. The highest BCUT2D eigenvalue weighted by Gasteiger charge is 2.10. The molecule has 2 amide bonds. The van der Waals surface area contributed by atoms with Gasteiger partial charge in [-0.05, 0) is 24.3 Å². The molecule has 5 heteroatoms. The van der Waals surface area contributed by atoms with Crippen LogP contribution in [0, 0.1) is 0 Å². The molecule has 0 radical (unpaired) electrons. The van der Waals surface area contributed by atoms with Gasteiger partial charge >= 0.3 is 0 Å². The van der Waals surface area contributed by atoms with Crippen molar-refractivity contribution in [3.8, 4) is 0 Å². The molecule has 0 saturated carbocycles. The number of carbonyl (C=O) groups excluding carboxylic acids is 2. The van der Waals surface area contributed by atoms with E-state index in [9.17, 15) is 14.8 Å². The Morgan fingerprint density at radius 2 is 1.62 bits per heavy atom. The number of hydrogen-bond donors (Lipinski definition) is 1. The molecular weight excluding hydrogens is 208 g/mol. The van der Waals surface area contributed by atoms with Crippen LogP contribution >= 0.6 is 0 Å². The fraction of sp³-hybridized carbons (Fsp3) is 0.273. The minimum absolute atomic E-state index is 0.126. The first kappa shape index (κ1) is 12.2. The van der Waals surface area contributed by atoms with E-state index in [2.05, 4.69) is 0 Å². The van der Waals surface area contributed by atoms with Gasteiger partial charge in [-0.1, -0.05) is 0 Å². The van der Waals surface area contributed by atoms with Crippen LogP contribution in [0.3, 0.4) is 0 Å². The molecule has 0 aliphatic heterocycles. The Labute approximate surface area is 93.8 Å². The first-order chi connectivity index (χ1) is 7.43. The number of anilines is 1. The fourth-order valence-electron chi connectivity index (χ4n) is 1.19. The van der Waals surface area contributed by atoms with Gasteiger partial charge in [0.2, 0.25) is 5.91 Å². The molecule has 0 aliphatic carbocycles. The number of nitrogens with zero attached hydrogens (tertiary/aromatic N) is 2. The highest BCUT2D eigenvalue weighted by Crippen LogP contribution is 2.14. The van der Waals surface area contributed by atoms with Gasteiger partial charge in [0.1, 0.15) is 0 Å². The second-order valence-electron chi connectivity index (χ2n) is 3.58. The van der Waals surface area contributed by atoms with Crippen molar-refractivity contribution in [2.75, 3.05) is 19.2 Å². The Kier molecular flexibility index (Phi) is 3.63. The first-order valence-electron chi connectivity index (χ1n) is 4.74. The minimum Gasteiger partial charge on any atom is -0.345 e. The summed E-state index contributed by atoms with van der Waals surface area (Å²) in [7, 11) is 3.31. The van der Waals surface area contributed by atoms with Crippen LogP contribution in [0.5, 0.6) is 0 Å². The molecule has 1 aromatic rings. The second-order valence-corrected chi connectivity index (χ2v) is 3.58. The van der Waals surface area contributed by atoms with Gasteiger partial charge in [-0.25, -0.2) is 0 Å². The van der Waals surface area contributed by atoms with Crippen LogP contribution in [0.25, 0.3) is 0 Å². The number of rotatable bonds is 2. The molecule has 86 valence electrons. The lowest BCUT2D eigenvalue weighted by molar-refractivity contribution is -0.121. The van der Waals surface area contributed by atoms with Crippen molar-refractivity contribution in [2.24, 2.45) is 0 Å². The SMILES string of the molecule is CC(=O)N(O)c1ccc(C(=O)N(C)C)cc1. The third-order valence-electron chi connectivity index (χ3n) is 2.06. The molecule has 5 nitrogen and oxygen atoms in total. The second kappa shape index (κ2) is 4.76. The van der Waals surface area contributed by atoms with E-state index in [1.54, 1.807) is 26.2 Å². The van der Waals surface area contributed by atoms with Crippen LogP contribution < -0.4 is 5.06 Å². The predicted molar refractivity (Wildman–Crippen MR) is 59.4 cm³/mol. The molecule has 0 saturated heterocycles. The zero-order valence-electron chi connectivity index (χ0n) is 9.47. The van der Waals surface area contributed by atoms with E-state index < -0.39 is 5.91 Å². The largest absolute Gasteiger partial charge is 0.345 e. The quantitative estimate of drug-likeness (QED) is 0.602. The smallest absolute Gasteiger partial charge is 0.253 e. The van der Waals surface area contributed by atoms with E-state index in [0.29, 0.717) is 16.3 Å². The Morgan fingerprint density at radius 3 is 2.00 bits per heavy atom. The van der Waals surface area contributed by atoms with Crippen LogP contribution in [-0.2, 0) is 4.79 Å². The average Bonchev–Trinajstić information content (AvgIpc) is 2.27. The van der Waals surface area contributed by atoms with E-state index in [-0.39, 0.29) is 5.91 Å². The molecule has 1 N–H and O–H groups in total. The topological polar surface area (TPSA) is 60.9 Å². The van der Waals surface area contributed by atoms with Crippen LogP contribution in [0.4, 0.5) is 5.69 Å². The Hall–Kier alpha value is -1.88. The van der Waals surface area contributed by atoms with E-state index in [1.807, 2.05) is 0 Å². The third-order valence-corrected chi connectivity index (χ3v) is 2.06. The van der Waals surface area contributed by atoms with Crippen molar-refractivity contribution in [2.45, 2.75) is 6.92 Å². The van der Waals surface area contributed by atoms with Gasteiger partial charge in [0.15, 0.2) is 0 Å². The number of hydrogen-bond acceptors (Lipinski definition) is 3. The third kappa shape index (κ3) is 2.58. The predicted octanol–water partition coefficient (Wildman–Crippen LogP) is 1.13. The number of amides is 2. The molecule has 0 aliphatic rings. The van der Waals surface area contributed by atoms with Gasteiger partial charge in [-0.3, -0.25) is 14.8 Å². The summed E-state index contributed by atoms with van der Waals surface area (Å²) in [6.07, 6.45) is 0. The number of hydroxylamine groups is 1. The van der Waals surface area contributed by atoms with Crippen molar-refractivity contribution in [3.05, 3.63) is 29.8 Å². The van der Waals surface area contributed by atoms with E-state index in [4.69, 9.17) is 0 Å². The van der Waals surface area contributed by atoms with Crippen molar-refractivity contribution in [1.29, 1.82) is 0 Å². The molecule has 0 heterocycles. The van der Waals surface area contributed by atoms with Crippen molar-refractivity contribution in [3.63, 3.8) is 0 Å². The van der Waals surface area contributed by atoms with Crippen LogP contribution in [0.15, 0.2) is 24.3 Å². The van der Waals surface area contributed by atoms with Gasteiger partial charge in [-0.15, -0.1) is 0 Å². The molecule has 0 unspecified atom stereocenters. The summed E-state index contributed by atoms with van der Waals surface area (Å²) in [6, 6.07) is 6.14. The Morgan fingerprint density at radius 1 is 1.12 bits per heavy atom. The van der Waals surface area contributed by atoms with Crippen molar-refractivity contribution >= 4 is 17.5 Å². The number of carbonyl (C=O) groups is 2. The van der Waals surface area contributed by atoms with E-state index in [0.717, 1.165) is 0 Å². The van der Waals surface area contributed by atoms with Crippen molar-refractivity contribution in [1.82, 2.24) is 4.90 Å². The van der Waals surface area contributed by atoms with Crippen molar-refractivity contribution < 1.29 is 14.8 Å². The van der Waals surface area contributed by atoms with Gasteiger partial charge in [-0.2, -0.15) is 5.06 Å². The molecule has 0 aromatic heterocycles. The fourth-order valence-corrected chi connectivity index (χ4v) is 1.19. The number of benzene rings is 1. The monoisotopic (exact) mass is 222 g/mol. The Bertz CT molecular complexity index is 398. The molecule has 0 fully saturated rings. The van der Waals surface area contributed by atoms with Gasteiger partial charge in [0.05, 0.1) is 5.69 Å². The molecule has 1 aromatic carbocycles. The lowest BCUT2D eigenvalue weighted by Crippen LogP contribution is -2.24. The van der Waals surface area contributed by atoms with Crippen LogP contribution in [-0.4, -0.2) is 36.0 Å². The molecule has 16 heavy (non-hydrogen) atoms. The maximum atomic E-state index is 11.5. The summed E-state index contributed by atoms with van der Waals surface area (Å²) < 4.78 is 0. The molecular formula is C11H14N2O3. The summed E-state index contributed by atoms with van der Waals surface area (Å²) in [5.41, 5.74) is 0.841. The zero-order valence-corrected chi connectivity index (χ0v) is 9.47. The summed E-state index contributed by atoms with van der Waals surface area (Å²) in [4.78, 5) is 23.9. The van der Waals surface area contributed by atoms with E-state index in [1.165, 1.54) is 24.0 Å². The molecule has 1 rings (SSSR count). The van der Waals surface area contributed by atoms with Crippen LogP contribution in [0.1, 0.15) is 17.3 Å². The van der Waals surface area contributed by atoms with Gasteiger partial charge in [0, 0.05) is 26.6 Å². The first-order valence-corrected chi connectivity index (χ1v) is 4.74. The summed E-state index contributed by atoms with van der Waals surface area (Å²) in [5.74, 6) is -0.606. The lowest BCUT2D eigenvalue weighted by atomic mass is 10.2. The lowest BCUT2D eigenvalue weighted by Gasteiger charge is -2.14. The minimum atomic E-state index is -0.480. The average molecular weight is 222 g/mol. The highest BCUT2D eigenvalue weighted by atomic mass is 16.5. The molecule has 0 bridgehead atoms. The maximum Gasteiger partial charge on any atom is 0.253 e. The molecule has 0 atom stereocenters.